The van der Waals surface area contributed by atoms with Crippen LogP contribution in [-0.2, 0) is 6.54 Å². The van der Waals surface area contributed by atoms with Crippen molar-refractivity contribution < 1.29 is 5.11 Å². The number of imidazole rings is 1. The molecule has 108 valence electrons. The Bertz CT molecular complexity index is 402. The highest BCUT2D eigenvalue weighted by Gasteiger charge is 2.33. The third-order valence-electron chi connectivity index (χ3n) is 4.34. The van der Waals surface area contributed by atoms with E-state index in [0.717, 1.165) is 19.4 Å². The van der Waals surface area contributed by atoms with Crippen LogP contribution in [0.3, 0.4) is 0 Å². The quantitative estimate of drug-likeness (QED) is 0.860. The summed E-state index contributed by atoms with van der Waals surface area (Å²) >= 11 is 0. The van der Waals surface area contributed by atoms with Gasteiger partial charge in [-0.05, 0) is 32.6 Å². The van der Waals surface area contributed by atoms with Gasteiger partial charge in [0.15, 0.2) is 0 Å². The van der Waals surface area contributed by atoms with Gasteiger partial charge in [0.05, 0.1) is 18.6 Å². The lowest BCUT2D eigenvalue weighted by molar-refractivity contribution is 0.0975. The van der Waals surface area contributed by atoms with Crippen LogP contribution in [0.15, 0.2) is 12.5 Å². The first-order chi connectivity index (χ1) is 9.06. The van der Waals surface area contributed by atoms with Crippen molar-refractivity contribution in [3.8, 4) is 0 Å². The number of aromatic nitrogens is 2. The minimum absolute atomic E-state index is 0.0935. The van der Waals surface area contributed by atoms with Crippen LogP contribution >= 0.6 is 0 Å². The minimum atomic E-state index is -0.0935. The van der Waals surface area contributed by atoms with Gasteiger partial charge in [-0.1, -0.05) is 19.8 Å². The molecule has 2 atom stereocenters. The first-order valence-electron chi connectivity index (χ1n) is 7.43. The Morgan fingerprint density at radius 3 is 3.00 bits per heavy atom. The molecular weight excluding hydrogens is 238 g/mol. The van der Waals surface area contributed by atoms with E-state index in [1.807, 2.05) is 12.5 Å². The van der Waals surface area contributed by atoms with E-state index in [1.54, 1.807) is 0 Å². The van der Waals surface area contributed by atoms with Crippen molar-refractivity contribution in [1.82, 2.24) is 14.9 Å². The molecule has 1 heterocycles. The van der Waals surface area contributed by atoms with Crippen molar-refractivity contribution in [2.45, 2.75) is 64.6 Å². The topological polar surface area (TPSA) is 50.1 Å². The fourth-order valence-electron chi connectivity index (χ4n) is 3.23. The van der Waals surface area contributed by atoms with Gasteiger partial charge < -0.3 is 15.0 Å². The zero-order valence-electron chi connectivity index (χ0n) is 12.4. The Morgan fingerprint density at radius 1 is 1.58 bits per heavy atom. The Balaban J connectivity index is 2.01. The summed E-state index contributed by atoms with van der Waals surface area (Å²) in [5.74, 6) is 0.698. The largest absolute Gasteiger partial charge is 0.394 e. The Hall–Kier alpha value is -0.870. The van der Waals surface area contributed by atoms with Gasteiger partial charge >= 0.3 is 0 Å². The molecule has 0 aliphatic heterocycles. The summed E-state index contributed by atoms with van der Waals surface area (Å²) in [6.45, 7) is 7.62. The molecule has 4 heteroatoms. The summed E-state index contributed by atoms with van der Waals surface area (Å²) < 4.78 is 2.18. The molecule has 0 amide bonds. The Labute approximate surface area is 116 Å². The number of aliphatic hydroxyl groups excluding tert-OH is 1. The summed E-state index contributed by atoms with van der Waals surface area (Å²) in [4.78, 5) is 4.23. The fourth-order valence-corrected chi connectivity index (χ4v) is 3.23. The number of nitrogens with one attached hydrogen (secondary N) is 1. The van der Waals surface area contributed by atoms with Crippen molar-refractivity contribution in [2.24, 2.45) is 5.92 Å². The molecule has 2 N–H and O–H groups in total. The molecule has 2 rings (SSSR count). The average molecular weight is 265 g/mol. The van der Waals surface area contributed by atoms with E-state index < -0.39 is 0 Å². The van der Waals surface area contributed by atoms with Crippen LogP contribution in [0.25, 0.3) is 0 Å². The van der Waals surface area contributed by atoms with E-state index in [0.29, 0.717) is 12.0 Å². The van der Waals surface area contributed by atoms with E-state index >= 15 is 0 Å². The molecule has 1 aliphatic carbocycles. The molecule has 0 aromatic carbocycles. The van der Waals surface area contributed by atoms with Crippen molar-refractivity contribution >= 4 is 0 Å². The molecule has 0 bridgehead atoms. The average Bonchev–Trinajstić information content (AvgIpc) is 2.85. The molecular formula is C15H27N3O. The molecule has 1 saturated carbocycles. The van der Waals surface area contributed by atoms with Crippen molar-refractivity contribution in [3.05, 3.63) is 18.2 Å². The van der Waals surface area contributed by atoms with E-state index in [4.69, 9.17) is 0 Å². The molecule has 1 fully saturated rings. The van der Waals surface area contributed by atoms with Gasteiger partial charge in [0, 0.05) is 24.3 Å². The van der Waals surface area contributed by atoms with E-state index in [2.05, 4.69) is 35.6 Å². The SMILES string of the molecule is CC1CCCC(CO)(NCc2cncn2C(C)C)C1. The molecule has 0 saturated heterocycles. The second-order valence-corrected chi connectivity index (χ2v) is 6.38. The molecule has 1 aliphatic rings. The third kappa shape index (κ3) is 3.37. The molecule has 4 nitrogen and oxygen atoms in total. The van der Waals surface area contributed by atoms with Gasteiger partial charge in [-0.2, -0.15) is 0 Å². The normalized spacial score (nSPS) is 27.9. The molecule has 1 aromatic heterocycles. The smallest absolute Gasteiger partial charge is 0.0951 e. The molecule has 19 heavy (non-hydrogen) atoms. The second kappa shape index (κ2) is 6.06. The Morgan fingerprint density at radius 2 is 2.37 bits per heavy atom. The molecule has 0 radical (unpaired) electrons. The lowest BCUT2D eigenvalue weighted by atomic mass is 9.77. The van der Waals surface area contributed by atoms with Crippen molar-refractivity contribution in [2.75, 3.05) is 6.61 Å². The predicted octanol–water partition coefficient (Wildman–Crippen LogP) is 2.49. The van der Waals surface area contributed by atoms with Gasteiger partial charge in [-0.15, -0.1) is 0 Å². The Kier molecular flexibility index (Phi) is 4.63. The summed E-state index contributed by atoms with van der Waals surface area (Å²) in [6, 6.07) is 0.426. The lowest BCUT2D eigenvalue weighted by Crippen LogP contribution is -2.51. The number of nitrogens with zero attached hydrogens (tertiary/aromatic N) is 2. The van der Waals surface area contributed by atoms with E-state index in [1.165, 1.54) is 18.5 Å². The first kappa shape index (κ1) is 14.5. The highest BCUT2D eigenvalue weighted by atomic mass is 16.3. The second-order valence-electron chi connectivity index (χ2n) is 6.38. The lowest BCUT2D eigenvalue weighted by Gasteiger charge is -2.39. The van der Waals surface area contributed by atoms with E-state index in [9.17, 15) is 5.11 Å². The number of hydrogen-bond donors (Lipinski definition) is 2. The summed E-state index contributed by atoms with van der Waals surface area (Å²) in [6.07, 6.45) is 8.44. The van der Waals surface area contributed by atoms with Crippen LogP contribution in [0.5, 0.6) is 0 Å². The highest BCUT2D eigenvalue weighted by Crippen LogP contribution is 2.32. The predicted molar refractivity (Wildman–Crippen MR) is 76.9 cm³/mol. The molecule has 2 unspecified atom stereocenters. The van der Waals surface area contributed by atoms with Crippen molar-refractivity contribution in [3.63, 3.8) is 0 Å². The van der Waals surface area contributed by atoms with Gasteiger partial charge in [0.25, 0.3) is 0 Å². The van der Waals surface area contributed by atoms with Gasteiger partial charge in [0.2, 0.25) is 0 Å². The van der Waals surface area contributed by atoms with Crippen molar-refractivity contribution in [1.29, 1.82) is 0 Å². The number of hydrogen-bond acceptors (Lipinski definition) is 3. The maximum absolute atomic E-state index is 9.78. The zero-order chi connectivity index (χ0) is 13.9. The summed E-state index contributed by atoms with van der Waals surface area (Å²) in [5.41, 5.74) is 1.10. The highest BCUT2D eigenvalue weighted by molar-refractivity contribution is 5.02. The van der Waals surface area contributed by atoms with Crippen LogP contribution in [0, 0.1) is 5.92 Å². The molecule has 1 aromatic rings. The maximum Gasteiger partial charge on any atom is 0.0951 e. The van der Waals surface area contributed by atoms with E-state index in [-0.39, 0.29) is 12.1 Å². The minimum Gasteiger partial charge on any atom is -0.394 e. The van der Waals surface area contributed by atoms with Crippen LogP contribution in [-0.4, -0.2) is 26.8 Å². The van der Waals surface area contributed by atoms with Crippen LogP contribution in [0.4, 0.5) is 0 Å². The fraction of sp³-hybridized carbons (Fsp3) is 0.800. The van der Waals surface area contributed by atoms with Crippen LogP contribution in [0.2, 0.25) is 0 Å². The number of aliphatic hydroxyl groups is 1. The summed E-state index contributed by atoms with van der Waals surface area (Å²) in [5, 5.41) is 13.4. The van der Waals surface area contributed by atoms with Crippen LogP contribution < -0.4 is 5.32 Å². The van der Waals surface area contributed by atoms with Crippen LogP contribution in [0.1, 0.15) is 58.2 Å². The number of rotatable bonds is 5. The van der Waals surface area contributed by atoms with Gasteiger partial charge in [0.1, 0.15) is 0 Å². The monoisotopic (exact) mass is 265 g/mol. The maximum atomic E-state index is 9.78. The van der Waals surface area contributed by atoms with Gasteiger partial charge in [-0.3, -0.25) is 0 Å². The summed E-state index contributed by atoms with van der Waals surface area (Å²) in [7, 11) is 0. The van der Waals surface area contributed by atoms with Gasteiger partial charge in [-0.25, -0.2) is 4.98 Å². The standard InChI is InChI=1S/C15H27N3O/c1-12(2)18-11-16-8-14(18)9-17-15(10-19)6-4-5-13(3)7-15/h8,11-13,17,19H,4-7,9-10H2,1-3H3. The molecule has 0 spiro atoms. The zero-order valence-corrected chi connectivity index (χ0v) is 12.4. The first-order valence-corrected chi connectivity index (χ1v) is 7.43. The third-order valence-corrected chi connectivity index (χ3v) is 4.34.